The molecule has 98 valence electrons. The van der Waals surface area contributed by atoms with Crippen molar-refractivity contribution < 1.29 is 9.18 Å². The molecule has 0 aliphatic heterocycles. The van der Waals surface area contributed by atoms with Crippen molar-refractivity contribution in [2.45, 2.75) is 20.8 Å². The number of aryl methyl sites for hydroxylation is 3. The van der Waals surface area contributed by atoms with Crippen LogP contribution in [0.15, 0.2) is 18.2 Å². The highest BCUT2D eigenvalue weighted by atomic mass is 19.1. The van der Waals surface area contributed by atoms with Crippen molar-refractivity contribution in [3.8, 4) is 0 Å². The first-order valence-corrected chi connectivity index (χ1v) is 5.73. The minimum atomic E-state index is -0.395. The Morgan fingerprint density at radius 3 is 2.53 bits per heavy atom. The molecule has 0 aliphatic rings. The maximum Gasteiger partial charge on any atom is 0.258 e. The maximum absolute atomic E-state index is 13.1. The van der Waals surface area contributed by atoms with Crippen molar-refractivity contribution in [1.29, 1.82) is 0 Å². The second-order valence-electron chi connectivity index (χ2n) is 4.22. The van der Waals surface area contributed by atoms with Crippen LogP contribution in [0.1, 0.15) is 27.3 Å². The first-order chi connectivity index (χ1) is 8.97. The van der Waals surface area contributed by atoms with Gasteiger partial charge in [-0.2, -0.15) is 5.10 Å². The molecule has 0 bridgehead atoms. The first-order valence-electron chi connectivity index (χ1n) is 5.73. The molecule has 0 fully saturated rings. The third-order valence-corrected chi connectivity index (χ3v) is 2.74. The van der Waals surface area contributed by atoms with E-state index in [1.165, 1.54) is 18.2 Å². The molecule has 0 saturated carbocycles. The summed E-state index contributed by atoms with van der Waals surface area (Å²) < 4.78 is 13.1. The van der Waals surface area contributed by atoms with Crippen LogP contribution in [0, 0.1) is 26.6 Å². The fraction of sp³-hybridized carbons (Fsp3) is 0.231. The van der Waals surface area contributed by atoms with E-state index in [0.29, 0.717) is 22.5 Å². The van der Waals surface area contributed by atoms with Gasteiger partial charge in [-0.25, -0.2) is 9.37 Å². The normalized spacial score (nSPS) is 10.3. The van der Waals surface area contributed by atoms with Gasteiger partial charge in [0.15, 0.2) is 0 Å². The van der Waals surface area contributed by atoms with Crippen molar-refractivity contribution in [2.75, 3.05) is 5.32 Å². The summed E-state index contributed by atoms with van der Waals surface area (Å²) >= 11 is 0. The second-order valence-corrected chi connectivity index (χ2v) is 4.22. The van der Waals surface area contributed by atoms with E-state index in [4.69, 9.17) is 0 Å². The lowest BCUT2D eigenvalue weighted by molar-refractivity contribution is 0.102. The molecule has 0 saturated heterocycles. The Balaban J connectivity index is 2.20. The van der Waals surface area contributed by atoms with Gasteiger partial charge in [-0.3, -0.25) is 10.1 Å². The van der Waals surface area contributed by atoms with Crippen molar-refractivity contribution in [2.24, 2.45) is 0 Å². The largest absolute Gasteiger partial charge is 0.289 e. The fourth-order valence-corrected chi connectivity index (χ4v) is 1.47. The van der Waals surface area contributed by atoms with E-state index in [0.717, 1.165) is 0 Å². The lowest BCUT2D eigenvalue weighted by atomic mass is 10.1. The van der Waals surface area contributed by atoms with Crippen LogP contribution < -0.4 is 5.32 Å². The number of carbonyl (C=O) groups is 1. The van der Waals surface area contributed by atoms with E-state index >= 15 is 0 Å². The summed E-state index contributed by atoms with van der Waals surface area (Å²) in [6, 6.07) is 4.13. The van der Waals surface area contributed by atoms with Gasteiger partial charge in [-0.15, -0.1) is 5.10 Å². The summed E-state index contributed by atoms with van der Waals surface area (Å²) in [7, 11) is 0. The fourth-order valence-electron chi connectivity index (χ4n) is 1.47. The number of halogens is 1. The number of anilines is 1. The Hall–Kier alpha value is -2.37. The van der Waals surface area contributed by atoms with Gasteiger partial charge >= 0.3 is 0 Å². The highest BCUT2D eigenvalue weighted by Gasteiger charge is 2.10. The standard InChI is InChI=1S/C13H13FN4O/c1-7-6-10(4-5-11(7)14)12(19)16-13-15-8(2)9(3)17-18-13/h4-6H,1-3H3,(H,15,16,18,19). The lowest BCUT2D eigenvalue weighted by Crippen LogP contribution is -2.15. The van der Waals surface area contributed by atoms with Gasteiger partial charge in [0.25, 0.3) is 5.91 Å². The number of hydrogen-bond donors (Lipinski definition) is 1. The number of amides is 1. The van der Waals surface area contributed by atoms with Gasteiger partial charge in [-0.05, 0) is 44.5 Å². The highest BCUT2D eigenvalue weighted by molar-refractivity contribution is 6.03. The summed E-state index contributed by atoms with van der Waals surface area (Å²) in [4.78, 5) is 16.0. The van der Waals surface area contributed by atoms with E-state index in [9.17, 15) is 9.18 Å². The molecule has 0 radical (unpaired) electrons. The molecular formula is C13H13FN4O. The Bertz CT molecular complexity index is 643. The monoisotopic (exact) mass is 260 g/mol. The molecule has 6 heteroatoms. The zero-order valence-corrected chi connectivity index (χ0v) is 10.9. The van der Waals surface area contributed by atoms with Crippen molar-refractivity contribution in [1.82, 2.24) is 15.2 Å². The summed E-state index contributed by atoms with van der Waals surface area (Å²) in [6.45, 7) is 5.16. The molecule has 0 spiro atoms. The molecule has 2 rings (SSSR count). The molecule has 1 heterocycles. The third kappa shape index (κ3) is 2.90. The predicted molar refractivity (Wildman–Crippen MR) is 68.4 cm³/mol. The molecule has 0 atom stereocenters. The maximum atomic E-state index is 13.1. The zero-order valence-electron chi connectivity index (χ0n) is 10.9. The van der Waals surface area contributed by atoms with Gasteiger partial charge < -0.3 is 0 Å². The van der Waals surface area contributed by atoms with Crippen LogP contribution in [0.3, 0.4) is 0 Å². The van der Waals surface area contributed by atoms with Gasteiger partial charge in [0, 0.05) is 5.56 Å². The number of nitrogens with zero attached hydrogens (tertiary/aromatic N) is 3. The molecule has 0 unspecified atom stereocenters. The minimum Gasteiger partial charge on any atom is -0.289 e. The summed E-state index contributed by atoms with van der Waals surface area (Å²) in [6.07, 6.45) is 0. The summed E-state index contributed by atoms with van der Waals surface area (Å²) in [5.41, 5.74) is 2.16. The average Bonchev–Trinajstić information content (AvgIpc) is 2.37. The lowest BCUT2D eigenvalue weighted by Gasteiger charge is -2.05. The smallest absolute Gasteiger partial charge is 0.258 e. The van der Waals surface area contributed by atoms with Crippen LogP contribution in [0.4, 0.5) is 10.3 Å². The number of benzene rings is 1. The van der Waals surface area contributed by atoms with E-state index in [1.807, 2.05) is 0 Å². The first kappa shape index (κ1) is 13.1. The number of aromatic nitrogens is 3. The van der Waals surface area contributed by atoms with Crippen LogP contribution in [-0.2, 0) is 0 Å². The van der Waals surface area contributed by atoms with E-state index < -0.39 is 5.91 Å². The van der Waals surface area contributed by atoms with E-state index in [-0.39, 0.29) is 11.8 Å². The molecule has 1 aromatic carbocycles. The van der Waals surface area contributed by atoms with Crippen LogP contribution >= 0.6 is 0 Å². The third-order valence-electron chi connectivity index (χ3n) is 2.74. The molecule has 0 aliphatic carbocycles. The topological polar surface area (TPSA) is 67.8 Å². The van der Waals surface area contributed by atoms with Crippen LogP contribution in [0.2, 0.25) is 0 Å². The van der Waals surface area contributed by atoms with Crippen LogP contribution in [0.25, 0.3) is 0 Å². The molecule has 1 aromatic heterocycles. The number of hydrogen-bond acceptors (Lipinski definition) is 4. The second kappa shape index (κ2) is 5.09. The predicted octanol–water partition coefficient (Wildman–Crippen LogP) is 2.19. The Labute approximate surface area is 109 Å². The van der Waals surface area contributed by atoms with Crippen molar-refractivity contribution in [3.05, 3.63) is 46.5 Å². The Morgan fingerprint density at radius 1 is 1.16 bits per heavy atom. The van der Waals surface area contributed by atoms with E-state index in [1.54, 1.807) is 20.8 Å². The Morgan fingerprint density at radius 2 is 1.89 bits per heavy atom. The summed E-state index contributed by atoms with van der Waals surface area (Å²) in [5, 5.41) is 10.2. The van der Waals surface area contributed by atoms with Crippen LogP contribution in [-0.4, -0.2) is 21.1 Å². The molecule has 19 heavy (non-hydrogen) atoms. The van der Waals surface area contributed by atoms with Crippen LogP contribution in [0.5, 0.6) is 0 Å². The number of carbonyl (C=O) groups excluding carboxylic acids is 1. The molecular weight excluding hydrogens is 247 g/mol. The quantitative estimate of drug-likeness (QED) is 0.898. The summed E-state index contributed by atoms with van der Waals surface area (Å²) in [5.74, 6) is -0.608. The van der Waals surface area contributed by atoms with Gasteiger partial charge in [-0.1, -0.05) is 0 Å². The zero-order chi connectivity index (χ0) is 14.0. The molecule has 5 nitrogen and oxygen atoms in total. The SMILES string of the molecule is Cc1cc(C(=O)Nc2nnc(C)c(C)n2)ccc1F. The molecule has 1 amide bonds. The molecule has 1 N–H and O–H groups in total. The van der Waals surface area contributed by atoms with Gasteiger partial charge in [0.05, 0.1) is 11.4 Å². The number of rotatable bonds is 2. The minimum absolute atomic E-state index is 0.134. The van der Waals surface area contributed by atoms with Gasteiger partial charge in [0.2, 0.25) is 5.95 Å². The van der Waals surface area contributed by atoms with Crippen molar-refractivity contribution >= 4 is 11.9 Å². The average molecular weight is 260 g/mol. The van der Waals surface area contributed by atoms with E-state index in [2.05, 4.69) is 20.5 Å². The Kier molecular flexibility index (Phi) is 3.50. The van der Waals surface area contributed by atoms with Gasteiger partial charge in [0.1, 0.15) is 5.82 Å². The van der Waals surface area contributed by atoms with Crippen molar-refractivity contribution in [3.63, 3.8) is 0 Å². The molecule has 2 aromatic rings. The highest BCUT2D eigenvalue weighted by Crippen LogP contribution is 2.11. The number of nitrogens with one attached hydrogen (secondary N) is 1.